The molecule has 0 aliphatic heterocycles. The molecule has 128 valence electrons. The van der Waals surface area contributed by atoms with E-state index in [1.165, 1.54) is 0 Å². The highest BCUT2D eigenvalue weighted by Gasteiger charge is 2.28. The van der Waals surface area contributed by atoms with Crippen molar-refractivity contribution in [1.29, 1.82) is 0 Å². The summed E-state index contributed by atoms with van der Waals surface area (Å²) >= 11 is 0. The number of carbonyl (C=O) groups is 1. The fourth-order valence-corrected chi connectivity index (χ4v) is 2.88. The highest BCUT2D eigenvalue weighted by molar-refractivity contribution is 5.89. The third kappa shape index (κ3) is 3.15. The van der Waals surface area contributed by atoms with Crippen LogP contribution in [0.2, 0.25) is 0 Å². The lowest BCUT2D eigenvalue weighted by Gasteiger charge is -2.22. The Labute approximate surface area is 142 Å². The number of ether oxygens (including phenoxy) is 4. The zero-order chi connectivity index (χ0) is 17.7. The summed E-state index contributed by atoms with van der Waals surface area (Å²) in [6.45, 7) is 1.54. The topological polar surface area (TPSA) is 54.0 Å². The average molecular weight is 330 g/mol. The second kappa shape index (κ2) is 7.73. The number of carbonyl (C=O) groups excluding carboxylic acids is 1. The van der Waals surface area contributed by atoms with Crippen LogP contribution in [0, 0.1) is 0 Å². The highest BCUT2D eigenvalue weighted by Crippen LogP contribution is 2.43. The minimum atomic E-state index is -0.555. The van der Waals surface area contributed by atoms with Gasteiger partial charge in [0.1, 0.15) is 5.78 Å². The Hall–Kier alpha value is -2.69. The minimum Gasteiger partial charge on any atom is -0.493 e. The van der Waals surface area contributed by atoms with Crippen molar-refractivity contribution >= 4 is 5.78 Å². The fraction of sp³-hybridized carbons (Fsp3) is 0.316. The lowest BCUT2D eigenvalue weighted by atomic mass is 9.86. The Kier molecular flexibility index (Phi) is 5.68. The Morgan fingerprint density at radius 1 is 0.750 bits per heavy atom. The van der Waals surface area contributed by atoms with Gasteiger partial charge in [-0.2, -0.15) is 0 Å². The van der Waals surface area contributed by atoms with Crippen molar-refractivity contribution in [1.82, 2.24) is 0 Å². The molecule has 0 aliphatic carbocycles. The third-order valence-corrected chi connectivity index (χ3v) is 3.90. The molecule has 0 atom stereocenters. The molecule has 0 saturated heterocycles. The number of hydrogen-bond donors (Lipinski definition) is 0. The highest BCUT2D eigenvalue weighted by atomic mass is 16.5. The average Bonchev–Trinajstić information content (AvgIpc) is 2.60. The van der Waals surface area contributed by atoms with Crippen LogP contribution in [0.3, 0.4) is 0 Å². The van der Waals surface area contributed by atoms with Crippen molar-refractivity contribution in [3.8, 4) is 23.0 Å². The van der Waals surface area contributed by atoms with Crippen LogP contribution >= 0.6 is 0 Å². The smallest absolute Gasteiger partial charge is 0.164 e. The molecule has 2 rings (SSSR count). The van der Waals surface area contributed by atoms with Gasteiger partial charge in [0.25, 0.3) is 0 Å². The number of rotatable bonds is 7. The van der Waals surface area contributed by atoms with Gasteiger partial charge >= 0.3 is 0 Å². The maximum absolute atomic E-state index is 12.5. The molecule has 0 aliphatic rings. The van der Waals surface area contributed by atoms with E-state index < -0.39 is 5.92 Å². The predicted molar refractivity (Wildman–Crippen MR) is 91.6 cm³/mol. The van der Waals surface area contributed by atoms with Crippen molar-refractivity contribution in [2.24, 2.45) is 0 Å². The van der Waals surface area contributed by atoms with Crippen LogP contribution in [0.5, 0.6) is 23.0 Å². The van der Waals surface area contributed by atoms with E-state index in [2.05, 4.69) is 0 Å². The summed E-state index contributed by atoms with van der Waals surface area (Å²) < 4.78 is 21.7. The van der Waals surface area contributed by atoms with Gasteiger partial charge in [0.2, 0.25) is 0 Å². The van der Waals surface area contributed by atoms with Crippen LogP contribution in [0.15, 0.2) is 36.4 Å². The van der Waals surface area contributed by atoms with Gasteiger partial charge in [0.15, 0.2) is 23.0 Å². The van der Waals surface area contributed by atoms with Gasteiger partial charge in [-0.3, -0.25) is 4.79 Å². The van der Waals surface area contributed by atoms with E-state index in [0.717, 1.165) is 11.1 Å². The van der Waals surface area contributed by atoms with Crippen LogP contribution in [-0.4, -0.2) is 34.2 Å². The maximum Gasteiger partial charge on any atom is 0.164 e. The van der Waals surface area contributed by atoms with Crippen molar-refractivity contribution in [2.75, 3.05) is 28.4 Å². The Bertz CT molecular complexity index is 668. The number of ketones is 1. The van der Waals surface area contributed by atoms with Gasteiger partial charge in [-0.1, -0.05) is 24.3 Å². The molecule has 0 N–H and O–H groups in total. The normalized spacial score (nSPS) is 10.4. The summed E-state index contributed by atoms with van der Waals surface area (Å²) in [6.07, 6.45) is 0. The second-order valence-electron chi connectivity index (χ2n) is 5.21. The van der Waals surface area contributed by atoms with Gasteiger partial charge in [-0.25, -0.2) is 0 Å². The lowest BCUT2D eigenvalue weighted by Crippen LogP contribution is -2.14. The van der Waals surface area contributed by atoms with Gasteiger partial charge < -0.3 is 18.9 Å². The van der Waals surface area contributed by atoms with E-state index in [4.69, 9.17) is 18.9 Å². The molecule has 0 radical (unpaired) electrons. The lowest BCUT2D eigenvalue weighted by molar-refractivity contribution is -0.117. The molecule has 0 spiro atoms. The Balaban J connectivity index is 2.72. The van der Waals surface area contributed by atoms with Crippen molar-refractivity contribution in [3.05, 3.63) is 47.5 Å². The molecule has 0 heterocycles. The second-order valence-corrected chi connectivity index (χ2v) is 5.21. The molecule has 0 unspecified atom stereocenters. The zero-order valence-electron chi connectivity index (χ0n) is 14.6. The van der Waals surface area contributed by atoms with Gasteiger partial charge in [0, 0.05) is 11.1 Å². The summed E-state index contributed by atoms with van der Waals surface area (Å²) in [5.74, 6) is 1.62. The number of Topliss-reactive ketones (excluding diaryl/α,β-unsaturated/α-hetero) is 1. The zero-order valence-corrected chi connectivity index (χ0v) is 14.6. The fourth-order valence-electron chi connectivity index (χ4n) is 2.88. The van der Waals surface area contributed by atoms with Gasteiger partial charge in [0.05, 0.1) is 34.4 Å². The predicted octanol–water partition coefficient (Wildman–Crippen LogP) is 3.44. The molecule has 24 heavy (non-hydrogen) atoms. The standard InChI is InChI=1S/C19H22O5/c1-12(20)17(13-8-6-10-15(21-2)18(13)23-4)14-9-7-11-16(22-3)19(14)24-5/h6-11,17H,1-5H3. The summed E-state index contributed by atoms with van der Waals surface area (Å²) in [7, 11) is 6.25. The number of methoxy groups -OCH3 is 4. The van der Waals surface area contributed by atoms with E-state index >= 15 is 0 Å². The summed E-state index contributed by atoms with van der Waals surface area (Å²) in [6, 6.07) is 11.0. The molecule has 5 heteroatoms. The first-order valence-electron chi connectivity index (χ1n) is 7.51. The van der Waals surface area contributed by atoms with E-state index in [0.29, 0.717) is 23.0 Å². The van der Waals surface area contributed by atoms with Crippen LogP contribution in [0.4, 0.5) is 0 Å². The van der Waals surface area contributed by atoms with E-state index in [1.54, 1.807) is 47.5 Å². The monoisotopic (exact) mass is 330 g/mol. The van der Waals surface area contributed by atoms with Crippen molar-refractivity contribution in [3.63, 3.8) is 0 Å². The van der Waals surface area contributed by atoms with Crippen LogP contribution < -0.4 is 18.9 Å². The van der Waals surface area contributed by atoms with E-state index in [-0.39, 0.29) is 5.78 Å². The number of hydrogen-bond acceptors (Lipinski definition) is 5. The number of benzene rings is 2. The van der Waals surface area contributed by atoms with Crippen molar-refractivity contribution < 1.29 is 23.7 Å². The van der Waals surface area contributed by atoms with Gasteiger partial charge in [-0.15, -0.1) is 0 Å². The largest absolute Gasteiger partial charge is 0.493 e. The Morgan fingerprint density at radius 2 is 1.17 bits per heavy atom. The molecule has 2 aromatic rings. The maximum atomic E-state index is 12.5. The Morgan fingerprint density at radius 3 is 1.46 bits per heavy atom. The minimum absolute atomic E-state index is 0.0342. The molecule has 0 fully saturated rings. The van der Waals surface area contributed by atoms with Crippen LogP contribution in [0.25, 0.3) is 0 Å². The third-order valence-electron chi connectivity index (χ3n) is 3.90. The first kappa shape index (κ1) is 17.7. The summed E-state index contributed by atoms with van der Waals surface area (Å²) in [5.41, 5.74) is 1.44. The molecule has 2 aromatic carbocycles. The van der Waals surface area contributed by atoms with Crippen LogP contribution in [0.1, 0.15) is 24.0 Å². The number of para-hydroxylation sites is 2. The quantitative estimate of drug-likeness (QED) is 0.778. The first-order valence-corrected chi connectivity index (χ1v) is 7.51. The van der Waals surface area contributed by atoms with E-state index in [9.17, 15) is 4.79 Å². The SMILES string of the molecule is COc1cccc(C(C(C)=O)c2cccc(OC)c2OC)c1OC. The molecule has 0 bridgehead atoms. The molecule has 0 aromatic heterocycles. The summed E-state index contributed by atoms with van der Waals surface area (Å²) in [5, 5.41) is 0. The molecule has 5 nitrogen and oxygen atoms in total. The van der Waals surface area contributed by atoms with E-state index in [1.807, 2.05) is 24.3 Å². The molecular formula is C19H22O5. The first-order chi connectivity index (χ1) is 11.6. The molecular weight excluding hydrogens is 308 g/mol. The molecule has 0 amide bonds. The van der Waals surface area contributed by atoms with Crippen molar-refractivity contribution in [2.45, 2.75) is 12.8 Å². The van der Waals surface area contributed by atoms with Gasteiger partial charge in [-0.05, 0) is 19.1 Å². The molecule has 0 saturated carbocycles. The summed E-state index contributed by atoms with van der Waals surface area (Å²) in [4.78, 5) is 12.5. The van der Waals surface area contributed by atoms with Crippen LogP contribution in [-0.2, 0) is 4.79 Å².